The summed E-state index contributed by atoms with van der Waals surface area (Å²) in [4.78, 5) is 5.63. The van der Waals surface area contributed by atoms with E-state index in [0.29, 0.717) is 19.0 Å². The molecule has 0 amide bonds. The fourth-order valence-electron chi connectivity index (χ4n) is 2.85. The molecule has 3 aromatic rings. The number of nitrogens with one attached hydrogen (secondary N) is 2. The number of hydrogen-bond donors (Lipinski definition) is 3. The Balaban J connectivity index is 0.00000300. The lowest BCUT2D eigenvalue weighted by molar-refractivity contribution is 0.0655. The summed E-state index contributed by atoms with van der Waals surface area (Å²) in [7, 11) is 0. The Morgan fingerprint density at radius 2 is 2.00 bits per heavy atom. The van der Waals surface area contributed by atoms with Gasteiger partial charge in [0.25, 0.3) is 0 Å². The molecule has 0 aliphatic heterocycles. The highest BCUT2D eigenvalue weighted by Crippen LogP contribution is 2.24. The Kier molecular flexibility index (Phi) is 8.66. The smallest absolute Gasteiger partial charge is 0.191 e. The molecule has 2 heterocycles. The normalized spacial score (nSPS) is 13.4. The first-order valence-corrected chi connectivity index (χ1v) is 10.3. The van der Waals surface area contributed by atoms with E-state index in [0.717, 1.165) is 28.4 Å². The highest BCUT2D eigenvalue weighted by atomic mass is 127. The minimum Gasteiger partial charge on any atom is -0.383 e. The van der Waals surface area contributed by atoms with Crippen LogP contribution in [0.15, 0.2) is 59.0 Å². The zero-order valence-corrected chi connectivity index (χ0v) is 20.1. The van der Waals surface area contributed by atoms with E-state index in [1.165, 1.54) is 0 Å². The molecule has 8 heteroatoms. The number of halogens is 1. The van der Waals surface area contributed by atoms with Gasteiger partial charge in [-0.2, -0.15) is 5.10 Å². The third kappa shape index (κ3) is 6.28. The van der Waals surface area contributed by atoms with Crippen molar-refractivity contribution in [3.05, 3.63) is 70.2 Å². The van der Waals surface area contributed by atoms with Gasteiger partial charge in [-0.25, -0.2) is 9.67 Å². The van der Waals surface area contributed by atoms with Crippen LogP contribution in [-0.2, 0) is 12.1 Å². The Hall–Kier alpha value is -1.91. The van der Waals surface area contributed by atoms with Gasteiger partial charge in [-0.05, 0) is 49.9 Å². The summed E-state index contributed by atoms with van der Waals surface area (Å²) in [5, 5.41) is 23.7. The maximum Gasteiger partial charge on any atom is 0.191 e. The fraction of sp³-hybridized carbons (Fsp3) is 0.333. The van der Waals surface area contributed by atoms with Crippen LogP contribution in [0.5, 0.6) is 0 Å². The quantitative estimate of drug-likeness (QED) is 0.249. The minimum atomic E-state index is -0.950. The first kappa shape index (κ1) is 23.4. The molecule has 0 bridgehead atoms. The first-order valence-electron chi connectivity index (χ1n) is 9.38. The SMILES string of the molecule is CCNC(=NCc1ccccc1-n1ccc(C)n1)NCC(C)(O)c1cccs1.I. The van der Waals surface area contributed by atoms with E-state index in [2.05, 4.69) is 21.8 Å². The van der Waals surface area contributed by atoms with Crippen LogP contribution in [0.2, 0.25) is 0 Å². The molecular weight excluding hydrogens is 497 g/mol. The lowest BCUT2D eigenvalue weighted by Crippen LogP contribution is -2.44. The topological polar surface area (TPSA) is 74.5 Å². The molecule has 3 rings (SSSR count). The standard InChI is InChI=1S/C21H27N5OS.HI/c1-4-22-20(24-15-21(3,27)19-10-7-13-28-19)23-14-17-8-5-6-9-18(17)26-12-11-16(2)25-26;/h5-13,27H,4,14-15H2,1-3H3,(H2,22,23,24);1H. The maximum atomic E-state index is 10.7. The van der Waals surface area contributed by atoms with Crippen molar-refractivity contribution in [2.75, 3.05) is 13.1 Å². The van der Waals surface area contributed by atoms with Crippen LogP contribution in [0, 0.1) is 6.92 Å². The number of rotatable bonds is 7. The summed E-state index contributed by atoms with van der Waals surface area (Å²) in [6.45, 7) is 7.43. The maximum absolute atomic E-state index is 10.7. The fourth-order valence-corrected chi connectivity index (χ4v) is 3.64. The number of benzene rings is 1. The molecule has 1 unspecified atom stereocenters. The van der Waals surface area contributed by atoms with Crippen molar-refractivity contribution in [3.63, 3.8) is 0 Å². The van der Waals surface area contributed by atoms with Crippen molar-refractivity contribution in [3.8, 4) is 5.69 Å². The average molecular weight is 525 g/mol. The summed E-state index contributed by atoms with van der Waals surface area (Å²) >= 11 is 1.55. The third-order valence-corrected chi connectivity index (χ3v) is 5.49. The number of aliphatic hydroxyl groups is 1. The van der Waals surface area contributed by atoms with Crippen molar-refractivity contribution >= 4 is 41.3 Å². The largest absolute Gasteiger partial charge is 0.383 e. The van der Waals surface area contributed by atoms with Crippen molar-refractivity contribution in [2.45, 2.75) is 32.9 Å². The van der Waals surface area contributed by atoms with Crippen molar-refractivity contribution < 1.29 is 5.11 Å². The van der Waals surface area contributed by atoms with E-state index < -0.39 is 5.60 Å². The Bertz CT molecular complexity index is 921. The van der Waals surface area contributed by atoms with Gasteiger partial charge < -0.3 is 15.7 Å². The molecule has 0 saturated carbocycles. The van der Waals surface area contributed by atoms with Crippen molar-refractivity contribution in [1.82, 2.24) is 20.4 Å². The summed E-state index contributed by atoms with van der Waals surface area (Å²) in [6, 6.07) is 14.0. The molecule has 6 nitrogen and oxygen atoms in total. The molecule has 0 radical (unpaired) electrons. The van der Waals surface area contributed by atoms with E-state index in [9.17, 15) is 5.11 Å². The molecule has 0 aliphatic rings. The Labute approximate surface area is 193 Å². The van der Waals surface area contributed by atoms with E-state index in [1.54, 1.807) is 11.3 Å². The van der Waals surface area contributed by atoms with Gasteiger partial charge in [0.15, 0.2) is 5.96 Å². The van der Waals surface area contributed by atoms with Crippen LogP contribution in [0.4, 0.5) is 0 Å². The molecule has 156 valence electrons. The van der Waals surface area contributed by atoms with Crippen molar-refractivity contribution in [1.29, 1.82) is 0 Å². The molecule has 29 heavy (non-hydrogen) atoms. The van der Waals surface area contributed by atoms with Crippen molar-refractivity contribution in [2.24, 2.45) is 4.99 Å². The van der Waals surface area contributed by atoms with Crippen LogP contribution >= 0.6 is 35.3 Å². The summed E-state index contributed by atoms with van der Waals surface area (Å²) in [5.41, 5.74) is 2.12. The van der Waals surface area contributed by atoms with E-state index >= 15 is 0 Å². The van der Waals surface area contributed by atoms with Gasteiger partial charge >= 0.3 is 0 Å². The van der Waals surface area contributed by atoms with Gasteiger partial charge in [-0.3, -0.25) is 0 Å². The molecule has 2 aromatic heterocycles. The molecule has 1 atom stereocenters. The number of para-hydroxylation sites is 1. The number of nitrogens with zero attached hydrogens (tertiary/aromatic N) is 3. The average Bonchev–Trinajstić information content (AvgIpc) is 3.36. The lowest BCUT2D eigenvalue weighted by Gasteiger charge is -2.23. The number of aliphatic imine (C=N–C) groups is 1. The predicted molar refractivity (Wildman–Crippen MR) is 130 cm³/mol. The second-order valence-electron chi connectivity index (χ2n) is 6.83. The highest BCUT2D eigenvalue weighted by Gasteiger charge is 2.24. The molecule has 0 fully saturated rings. The summed E-state index contributed by atoms with van der Waals surface area (Å²) in [6.07, 6.45) is 1.96. The van der Waals surface area contributed by atoms with Crippen LogP contribution < -0.4 is 10.6 Å². The minimum absolute atomic E-state index is 0. The van der Waals surface area contributed by atoms with Gasteiger partial charge in [0.2, 0.25) is 0 Å². The number of guanidine groups is 1. The molecule has 1 aromatic carbocycles. The van der Waals surface area contributed by atoms with Gasteiger partial charge in [0.05, 0.1) is 24.5 Å². The summed E-state index contributed by atoms with van der Waals surface area (Å²) < 4.78 is 1.88. The predicted octanol–water partition coefficient (Wildman–Crippen LogP) is 3.82. The molecule has 0 saturated heterocycles. The second-order valence-corrected chi connectivity index (χ2v) is 7.78. The number of thiophene rings is 1. The monoisotopic (exact) mass is 525 g/mol. The number of hydrogen-bond acceptors (Lipinski definition) is 4. The molecular formula is C21H28IN5OS. The van der Waals surface area contributed by atoms with Gasteiger partial charge in [-0.1, -0.05) is 24.3 Å². The zero-order chi connectivity index (χ0) is 20.0. The zero-order valence-electron chi connectivity index (χ0n) is 16.9. The molecule has 0 spiro atoms. The highest BCUT2D eigenvalue weighted by molar-refractivity contribution is 14.0. The van der Waals surface area contributed by atoms with Crippen LogP contribution in [-0.4, -0.2) is 33.9 Å². The van der Waals surface area contributed by atoms with Crippen LogP contribution in [0.1, 0.15) is 30.0 Å². The van der Waals surface area contributed by atoms with Gasteiger partial charge in [0.1, 0.15) is 5.60 Å². The van der Waals surface area contributed by atoms with E-state index in [1.807, 2.05) is 73.4 Å². The van der Waals surface area contributed by atoms with Crippen LogP contribution in [0.3, 0.4) is 0 Å². The first-order chi connectivity index (χ1) is 13.5. The van der Waals surface area contributed by atoms with Crippen LogP contribution in [0.25, 0.3) is 5.69 Å². The van der Waals surface area contributed by atoms with Gasteiger partial charge in [0, 0.05) is 17.6 Å². The number of aryl methyl sites for hydroxylation is 1. The number of aromatic nitrogens is 2. The lowest BCUT2D eigenvalue weighted by atomic mass is 10.1. The molecule has 0 aliphatic carbocycles. The summed E-state index contributed by atoms with van der Waals surface area (Å²) in [5.74, 6) is 0.672. The second kappa shape index (κ2) is 10.7. The van der Waals surface area contributed by atoms with Gasteiger partial charge in [-0.15, -0.1) is 35.3 Å². The van der Waals surface area contributed by atoms with E-state index in [4.69, 9.17) is 4.99 Å². The third-order valence-electron chi connectivity index (χ3n) is 4.36. The Morgan fingerprint density at radius 3 is 2.66 bits per heavy atom. The molecule has 3 N–H and O–H groups in total. The van der Waals surface area contributed by atoms with E-state index in [-0.39, 0.29) is 24.0 Å². The Morgan fingerprint density at radius 1 is 1.21 bits per heavy atom.